The van der Waals surface area contributed by atoms with Crippen LogP contribution in [0.25, 0.3) is 0 Å². The first-order valence-corrected chi connectivity index (χ1v) is 8.90. The van der Waals surface area contributed by atoms with Crippen LogP contribution in [0.3, 0.4) is 0 Å². The molecule has 24 heavy (non-hydrogen) atoms. The normalized spacial score (nSPS) is 22.9. The van der Waals surface area contributed by atoms with E-state index in [-0.39, 0.29) is 11.9 Å². The van der Waals surface area contributed by atoms with Crippen LogP contribution >= 0.6 is 0 Å². The molecule has 1 N–H and O–H groups in total. The maximum atomic E-state index is 12.4. The second-order valence-electron chi connectivity index (χ2n) is 7.68. The van der Waals surface area contributed by atoms with Gasteiger partial charge >= 0.3 is 0 Å². The molecule has 1 aromatic heterocycles. The average Bonchev–Trinajstić information content (AvgIpc) is 3.09. The number of hydrogen-bond donors (Lipinski definition) is 1. The van der Waals surface area contributed by atoms with Gasteiger partial charge in [0.1, 0.15) is 5.76 Å². The van der Waals surface area contributed by atoms with Crippen LogP contribution in [0.1, 0.15) is 56.8 Å². The summed E-state index contributed by atoms with van der Waals surface area (Å²) >= 11 is 0. The van der Waals surface area contributed by atoms with Crippen molar-refractivity contribution in [1.82, 2.24) is 5.32 Å². The number of nitrogens with one attached hydrogen (secondary N) is 1. The third kappa shape index (κ3) is 4.28. The highest BCUT2D eigenvalue weighted by Crippen LogP contribution is 2.43. The first-order chi connectivity index (χ1) is 11.5. The predicted molar refractivity (Wildman–Crippen MR) is 95.8 cm³/mol. The molecule has 1 fully saturated rings. The third-order valence-electron chi connectivity index (χ3n) is 5.14. The molecule has 0 bridgehead atoms. The van der Waals surface area contributed by atoms with Crippen LogP contribution in [-0.2, 0) is 11.2 Å². The van der Waals surface area contributed by atoms with E-state index in [9.17, 15) is 4.79 Å². The molecule has 1 heterocycles. The van der Waals surface area contributed by atoms with E-state index in [1.165, 1.54) is 5.56 Å². The van der Waals surface area contributed by atoms with Crippen molar-refractivity contribution in [2.24, 2.45) is 5.41 Å². The van der Waals surface area contributed by atoms with Crippen molar-refractivity contribution < 1.29 is 9.21 Å². The Bertz CT molecular complexity index is 646. The largest absolute Gasteiger partial charge is 0.469 e. The topological polar surface area (TPSA) is 42.2 Å². The van der Waals surface area contributed by atoms with E-state index in [0.717, 1.165) is 25.0 Å². The van der Waals surface area contributed by atoms with Gasteiger partial charge in [0.05, 0.1) is 6.26 Å². The lowest BCUT2D eigenvalue weighted by atomic mass is 9.68. The Kier molecular flexibility index (Phi) is 5.08. The Morgan fingerprint density at radius 3 is 2.71 bits per heavy atom. The van der Waals surface area contributed by atoms with Crippen molar-refractivity contribution in [3.05, 3.63) is 60.1 Å². The first kappa shape index (κ1) is 16.8. The lowest BCUT2D eigenvalue weighted by Gasteiger charge is -2.41. The number of furan rings is 1. The van der Waals surface area contributed by atoms with E-state index >= 15 is 0 Å². The molecular weight excluding hydrogens is 298 g/mol. The molecule has 1 amide bonds. The number of hydrogen-bond acceptors (Lipinski definition) is 2. The summed E-state index contributed by atoms with van der Waals surface area (Å²) in [5.74, 6) is 1.38. The smallest absolute Gasteiger partial charge is 0.220 e. The molecule has 128 valence electrons. The summed E-state index contributed by atoms with van der Waals surface area (Å²) in [7, 11) is 0. The number of rotatable bonds is 5. The van der Waals surface area contributed by atoms with E-state index in [1.807, 2.05) is 12.1 Å². The highest BCUT2D eigenvalue weighted by molar-refractivity contribution is 5.76. The fourth-order valence-corrected chi connectivity index (χ4v) is 3.78. The molecule has 2 atom stereocenters. The maximum absolute atomic E-state index is 12.4. The van der Waals surface area contributed by atoms with Crippen molar-refractivity contribution >= 4 is 5.91 Å². The average molecular weight is 325 g/mol. The van der Waals surface area contributed by atoms with E-state index in [0.29, 0.717) is 24.2 Å². The molecule has 0 spiro atoms. The van der Waals surface area contributed by atoms with Gasteiger partial charge in [-0.15, -0.1) is 0 Å². The highest BCUT2D eigenvalue weighted by Gasteiger charge is 2.36. The Morgan fingerprint density at radius 1 is 1.21 bits per heavy atom. The van der Waals surface area contributed by atoms with Crippen molar-refractivity contribution in [3.63, 3.8) is 0 Å². The van der Waals surface area contributed by atoms with Crippen LogP contribution in [0.2, 0.25) is 0 Å². The zero-order valence-corrected chi connectivity index (χ0v) is 14.6. The molecule has 3 nitrogen and oxygen atoms in total. The molecule has 1 aliphatic rings. The monoisotopic (exact) mass is 325 g/mol. The lowest BCUT2D eigenvalue weighted by Crippen LogP contribution is -2.44. The molecule has 1 aromatic carbocycles. The van der Waals surface area contributed by atoms with Crippen LogP contribution in [0.4, 0.5) is 0 Å². The van der Waals surface area contributed by atoms with Gasteiger partial charge in [-0.25, -0.2) is 0 Å². The summed E-state index contributed by atoms with van der Waals surface area (Å²) in [6.07, 6.45) is 6.10. The first-order valence-electron chi connectivity index (χ1n) is 8.90. The SMILES string of the molecule is CC1(C)CCC(NC(=O)CCc2ccco2)C(c2ccccc2)C1. The summed E-state index contributed by atoms with van der Waals surface area (Å²) in [4.78, 5) is 12.4. The van der Waals surface area contributed by atoms with E-state index in [4.69, 9.17) is 4.42 Å². The van der Waals surface area contributed by atoms with E-state index < -0.39 is 0 Å². The Morgan fingerprint density at radius 2 is 2.00 bits per heavy atom. The number of amides is 1. The molecule has 2 aromatic rings. The van der Waals surface area contributed by atoms with Gasteiger partial charge < -0.3 is 9.73 Å². The molecule has 1 saturated carbocycles. The Balaban J connectivity index is 1.64. The zero-order valence-electron chi connectivity index (χ0n) is 14.6. The summed E-state index contributed by atoms with van der Waals surface area (Å²) in [5.41, 5.74) is 1.66. The van der Waals surface area contributed by atoms with Gasteiger partial charge in [-0.05, 0) is 42.4 Å². The zero-order chi connectivity index (χ0) is 17.0. The van der Waals surface area contributed by atoms with Crippen LogP contribution < -0.4 is 5.32 Å². The standard InChI is InChI=1S/C21H27NO2/c1-21(2)13-12-19(18(15-21)16-7-4-3-5-8-16)22-20(23)11-10-17-9-6-14-24-17/h3-9,14,18-19H,10-13,15H2,1-2H3,(H,22,23). The van der Waals surface area contributed by atoms with Gasteiger partial charge in [0.2, 0.25) is 5.91 Å². The fraction of sp³-hybridized carbons (Fsp3) is 0.476. The molecule has 1 aliphatic carbocycles. The summed E-state index contributed by atoms with van der Waals surface area (Å²) in [6, 6.07) is 14.6. The molecular formula is C21H27NO2. The molecule has 2 unspecified atom stereocenters. The Hall–Kier alpha value is -2.03. The third-order valence-corrected chi connectivity index (χ3v) is 5.14. The summed E-state index contributed by atoms with van der Waals surface area (Å²) < 4.78 is 5.31. The quantitative estimate of drug-likeness (QED) is 0.866. The van der Waals surface area contributed by atoms with Crippen LogP contribution in [0.5, 0.6) is 0 Å². The van der Waals surface area contributed by atoms with Crippen LogP contribution in [0.15, 0.2) is 53.1 Å². The minimum atomic E-state index is 0.122. The summed E-state index contributed by atoms with van der Waals surface area (Å²) in [6.45, 7) is 4.66. The van der Waals surface area contributed by atoms with Gasteiger partial charge in [-0.1, -0.05) is 44.2 Å². The number of aryl methyl sites for hydroxylation is 1. The number of benzene rings is 1. The lowest BCUT2D eigenvalue weighted by molar-refractivity contribution is -0.122. The van der Waals surface area contributed by atoms with Crippen molar-refractivity contribution in [2.75, 3.05) is 0 Å². The van der Waals surface area contributed by atoms with E-state index in [1.54, 1.807) is 6.26 Å². The van der Waals surface area contributed by atoms with Crippen molar-refractivity contribution in [3.8, 4) is 0 Å². The molecule has 0 radical (unpaired) electrons. The van der Waals surface area contributed by atoms with E-state index in [2.05, 4.69) is 49.5 Å². The van der Waals surface area contributed by atoms with Gasteiger partial charge in [-0.3, -0.25) is 4.79 Å². The minimum absolute atomic E-state index is 0.122. The van der Waals surface area contributed by atoms with Gasteiger partial charge in [0.25, 0.3) is 0 Å². The second-order valence-corrected chi connectivity index (χ2v) is 7.68. The minimum Gasteiger partial charge on any atom is -0.469 e. The molecule has 3 rings (SSSR count). The van der Waals surface area contributed by atoms with Gasteiger partial charge in [0.15, 0.2) is 0 Å². The predicted octanol–water partition coefficient (Wildman–Crippen LogP) is 4.69. The summed E-state index contributed by atoms with van der Waals surface area (Å²) in [5, 5.41) is 3.29. The Labute approximate surface area is 144 Å². The van der Waals surface area contributed by atoms with Crippen molar-refractivity contribution in [2.45, 2.75) is 57.9 Å². The maximum Gasteiger partial charge on any atom is 0.220 e. The van der Waals surface area contributed by atoms with Gasteiger partial charge in [-0.2, -0.15) is 0 Å². The van der Waals surface area contributed by atoms with Crippen LogP contribution in [-0.4, -0.2) is 11.9 Å². The second kappa shape index (κ2) is 7.25. The molecule has 3 heteroatoms. The van der Waals surface area contributed by atoms with Crippen LogP contribution in [0, 0.1) is 5.41 Å². The molecule has 0 aliphatic heterocycles. The molecule has 0 saturated heterocycles. The van der Waals surface area contributed by atoms with Crippen molar-refractivity contribution in [1.29, 1.82) is 0 Å². The number of carbonyl (C=O) groups excluding carboxylic acids is 1. The highest BCUT2D eigenvalue weighted by atomic mass is 16.3. The fourth-order valence-electron chi connectivity index (χ4n) is 3.78. The number of carbonyl (C=O) groups is 1. The van der Waals surface area contributed by atoms with Gasteiger partial charge in [0, 0.05) is 24.8 Å².